The molecule has 0 saturated heterocycles. The largest absolute Gasteiger partial charge is 0.389 e. The molecule has 0 aliphatic heterocycles. The summed E-state index contributed by atoms with van der Waals surface area (Å²) in [7, 11) is 0. The molecular weight excluding hydrogens is 345 g/mol. The third-order valence-electron chi connectivity index (χ3n) is 2.16. The molecule has 3 nitrogen and oxygen atoms in total. The molecule has 0 bridgehead atoms. The minimum atomic E-state index is -4.36. The SMILES string of the molecule is NC(=S)c1cc(Br)ccc1NC(=O)CCC(F)(F)F. The van der Waals surface area contributed by atoms with Crippen LogP contribution in [0.3, 0.4) is 0 Å². The second kappa shape index (κ2) is 6.33. The van der Waals surface area contributed by atoms with Gasteiger partial charge in [0, 0.05) is 16.5 Å². The van der Waals surface area contributed by atoms with Crippen LogP contribution in [0.5, 0.6) is 0 Å². The Bertz CT molecular complexity index is 505. The normalized spacial score (nSPS) is 11.2. The van der Waals surface area contributed by atoms with Crippen LogP contribution in [-0.4, -0.2) is 17.1 Å². The summed E-state index contributed by atoms with van der Waals surface area (Å²) in [5, 5.41) is 2.36. The van der Waals surface area contributed by atoms with Crippen LogP contribution in [0.2, 0.25) is 0 Å². The maximum absolute atomic E-state index is 12.0. The summed E-state index contributed by atoms with van der Waals surface area (Å²) in [6.45, 7) is 0. The summed E-state index contributed by atoms with van der Waals surface area (Å²) >= 11 is 8.02. The summed E-state index contributed by atoms with van der Waals surface area (Å²) in [4.78, 5) is 11.5. The molecule has 0 unspecified atom stereocenters. The van der Waals surface area contributed by atoms with Crippen molar-refractivity contribution < 1.29 is 18.0 Å². The predicted octanol–water partition coefficient (Wildman–Crippen LogP) is 3.36. The molecule has 1 rings (SSSR count). The highest BCUT2D eigenvalue weighted by atomic mass is 79.9. The summed E-state index contributed by atoms with van der Waals surface area (Å²) in [5.41, 5.74) is 6.17. The molecule has 0 fully saturated rings. The molecule has 1 aromatic rings. The number of hydrogen-bond donors (Lipinski definition) is 2. The summed E-state index contributed by atoms with van der Waals surface area (Å²) in [6, 6.07) is 4.73. The Balaban J connectivity index is 2.77. The van der Waals surface area contributed by atoms with Crippen LogP contribution >= 0.6 is 28.1 Å². The number of thiocarbonyl (C=S) groups is 1. The molecule has 8 heteroatoms. The monoisotopic (exact) mass is 354 g/mol. The molecule has 104 valence electrons. The first-order valence-electron chi connectivity index (χ1n) is 5.15. The Morgan fingerprint density at radius 2 is 2.05 bits per heavy atom. The second-order valence-electron chi connectivity index (χ2n) is 3.72. The molecular formula is C11H10BrF3N2OS. The Morgan fingerprint density at radius 3 is 2.58 bits per heavy atom. The van der Waals surface area contributed by atoms with E-state index in [1.165, 1.54) is 6.07 Å². The Hall–Kier alpha value is -1.15. The molecule has 1 aromatic carbocycles. The fourth-order valence-electron chi connectivity index (χ4n) is 1.30. The molecule has 0 spiro atoms. The van der Waals surface area contributed by atoms with Gasteiger partial charge in [-0.05, 0) is 18.2 Å². The minimum Gasteiger partial charge on any atom is -0.389 e. The Morgan fingerprint density at radius 1 is 1.42 bits per heavy atom. The molecule has 0 heterocycles. The van der Waals surface area contributed by atoms with Crippen LogP contribution in [0.4, 0.5) is 18.9 Å². The number of nitrogens with one attached hydrogen (secondary N) is 1. The van der Waals surface area contributed by atoms with E-state index < -0.39 is 24.9 Å². The third kappa shape index (κ3) is 5.56. The van der Waals surface area contributed by atoms with Crippen molar-refractivity contribution in [3.05, 3.63) is 28.2 Å². The van der Waals surface area contributed by atoms with E-state index in [4.69, 9.17) is 18.0 Å². The number of halogens is 4. The van der Waals surface area contributed by atoms with Crippen LogP contribution in [0.1, 0.15) is 18.4 Å². The van der Waals surface area contributed by atoms with Crippen LogP contribution in [0.15, 0.2) is 22.7 Å². The lowest BCUT2D eigenvalue weighted by atomic mass is 10.1. The van der Waals surface area contributed by atoms with Gasteiger partial charge >= 0.3 is 6.18 Å². The fraction of sp³-hybridized carbons (Fsp3) is 0.273. The first-order chi connectivity index (χ1) is 8.69. The second-order valence-corrected chi connectivity index (χ2v) is 5.07. The molecule has 0 aliphatic carbocycles. The van der Waals surface area contributed by atoms with Gasteiger partial charge in [-0.15, -0.1) is 0 Å². The molecule has 0 radical (unpaired) electrons. The zero-order valence-corrected chi connectivity index (χ0v) is 12.0. The van der Waals surface area contributed by atoms with Crippen LogP contribution in [0, 0.1) is 0 Å². The molecule has 1 amide bonds. The van der Waals surface area contributed by atoms with E-state index in [0.29, 0.717) is 15.7 Å². The topological polar surface area (TPSA) is 55.1 Å². The van der Waals surface area contributed by atoms with E-state index in [1.54, 1.807) is 12.1 Å². The van der Waals surface area contributed by atoms with Gasteiger partial charge in [-0.2, -0.15) is 13.2 Å². The number of carbonyl (C=O) groups excluding carboxylic acids is 1. The lowest BCUT2D eigenvalue weighted by Gasteiger charge is -2.11. The Labute approximate surface area is 121 Å². The van der Waals surface area contributed by atoms with Gasteiger partial charge < -0.3 is 11.1 Å². The molecule has 0 aromatic heterocycles. The van der Waals surface area contributed by atoms with Gasteiger partial charge in [-0.1, -0.05) is 28.1 Å². The molecule has 3 N–H and O–H groups in total. The van der Waals surface area contributed by atoms with E-state index >= 15 is 0 Å². The highest BCUT2D eigenvalue weighted by Crippen LogP contribution is 2.24. The molecule has 0 saturated carbocycles. The van der Waals surface area contributed by atoms with Crippen molar-refractivity contribution in [1.82, 2.24) is 0 Å². The summed E-state index contributed by atoms with van der Waals surface area (Å²) < 4.78 is 36.7. The highest BCUT2D eigenvalue weighted by molar-refractivity contribution is 9.10. The Kier molecular flexibility index (Phi) is 5.30. The van der Waals surface area contributed by atoms with Gasteiger partial charge in [0.25, 0.3) is 0 Å². The maximum atomic E-state index is 12.0. The van der Waals surface area contributed by atoms with Crippen LogP contribution in [0.25, 0.3) is 0 Å². The smallest absolute Gasteiger partial charge is 0.389 e. The highest BCUT2D eigenvalue weighted by Gasteiger charge is 2.28. The van der Waals surface area contributed by atoms with E-state index in [9.17, 15) is 18.0 Å². The van der Waals surface area contributed by atoms with Crippen molar-refractivity contribution >= 4 is 44.7 Å². The third-order valence-corrected chi connectivity index (χ3v) is 2.87. The lowest BCUT2D eigenvalue weighted by Crippen LogP contribution is -2.19. The average Bonchev–Trinajstić information content (AvgIpc) is 2.28. The number of anilines is 1. The van der Waals surface area contributed by atoms with Crippen molar-refractivity contribution in [3.8, 4) is 0 Å². The van der Waals surface area contributed by atoms with Gasteiger partial charge in [-0.3, -0.25) is 4.79 Å². The predicted molar refractivity (Wildman–Crippen MR) is 73.9 cm³/mol. The number of benzene rings is 1. The van der Waals surface area contributed by atoms with E-state index in [0.717, 1.165) is 0 Å². The average molecular weight is 355 g/mol. The molecule has 0 aliphatic rings. The number of amides is 1. The van der Waals surface area contributed by atoms with Crippen molar-refractivity contribution in [1.29, 1.82) is 0 Å². The standard InChI is InChI=1S/C11H10BrF3N2OS/c12-6-1-2-8(7(5-6)10(16)19)17-9(18)3-4-11(13,14)15/h1-2,5H,3-4H2,(H2,16,19)(H,17,18). The van der Waals surface area contributed by atoms with E-state index in [1.807, 2.05) is 0 Å². The van der Waals surface area contributed by atoms with Gasteiger partial charge in [-0.25, -0.2) is 0 Å². The van der Waals surface area contributed by atoms with Gasteiger partial charge in [0.1, 0.15) is 4.99 Å². The van der Waals surface area contributed by atoms with Crippen molar-refractivity contribution in [2.45, 2.75) is 19.0 Å². The maximum Gasteiger partial charge on any atom is 0.389 e. The van der Waals surface area contributed by atoms with Gasteiger partial charge in [0.15, 0.2) is 0 Å². The van der Waals surface area contributed by atoms with Crippen LogP contribution in [-0.2, 0) is 4.79 Å². The van der Waals surface area contributed by atoms with Gasteiger partial charge in [0.05, 0.1) is 12.1 Å². The zero-order valence-electron chi connectivity index (χ0n) is 9.55. The molecule has 19 heavy (non-hydrogen) atoms. The quantitative estimate of drug-likeness (QED) is 0.815. The summed E-state index contributed by atoms with van der Waals surface area (Å²) in [6.07, 6.45) is -6.17. The zero-order chi connectivity index (χ0) is 14.6. The van der Waals surface area contributed by atoms with Crippen molar-refractivity contribution in [2.24, 2.45) is 5.73 Å². The van der Waals surface area contributed by atoms with E-state index in [-0.39, 0.29) is 4.99 Å². The lowest BCUT2D eigenvalue weighted by molar-refractivity contribution is -0.142. The summed E-state index contributed by atoms with van der Waals surface area (Å²) in [5.74, 6) is -0.739. The van der Waals surface area contributed by atoms with E-state index in [2.05, 4.69) is 21.2 Å². The number of nitrogens with two attached hydrogens (primary N) is 1. The number of carbonyl (C=O) groups is 1. The first kappa shape index (κ1) is 15.9. The minimum absolute atomic E-state index is 0.0485. The van der Waals surface area contributed by atoms with Crippen LogP contribution < -0.4 is 11.1 Å². The molecule has 0 atom stereocenters. The van der Waals surface area contributed by atoms with Crippen molar-refractivity contribution in [2.75, 3.05) is 5.32 Å². The fourth-order valence-corrected chi connectivity index (χ4v) is 1.83. The first-order valence-corrected chi connectivity index (χ1v) is 6.35. The number of alkyl halides is 3. The number of hydrogen-bond acceptors (Lipinski definition) is 2. The number of rotatable bonds is 4. The van der Waals surface area contributed by atoms with Gasteiger partial charge in [0.2, 0.25) is 5.91 Å². The van der Waals surface area contributed by atoms with Crippen molar-refractivity contribution in [3.63, 3.8) is 0 Å².